The van der Waals surface area contributed by atoms with Crippen LogP contribution in [0.25, 0.3) is 0 Å². The van der Waals surface area contributed by atoms with E-state index in [1.165, 1.54) is 17.5 Å². The van der Waals surface area contributed by atoms with E-state index in [4.69, 9.17) is 9.47 Å². The van der Waals surface area contributed by atoms with Crippen molar-refractivity contribution < 1.29 is 14.3 Å². The first-order valence-corrected chi connectivity index (χ1v) is 8.47. The Balaban J connectivity index is 1.91. The molecule has 0 bridgehead atoms. The van der Waals surface area contributed by atoms with Gasteiger partial charge in [-0.1, -0.05) is 58.4 Å². The van der Waals surface area contributed by atoms with Crippen LogP contribution in [0.1, 0.15) is 51.7 Å². The molecule has 128 valence electrons. The van der Waals surface area contributed by atoms with Crippen molar-refractivity contribution in [2.24, 2.45) is 0 Å². The molecule has 0 fully saturated rings. The number of ether oxygens (including phenoxy) is 2. The number of hydrogen-bond donors (Lipinski definition) is 0. The van der Waals surface area contributed by atoms with E-state index in [1.54, 1.807) is 24.3 Å². The molecule has 2 rings (SSSR count). The minimum atomic E-state index is -0.722. The van der Waals surface area contributed by atoms with Crippen molar-refractivity contribution >= 4 is 6.16 Å². The first-order chi connectivity index (χ1) is 11.4. The maximum absolute atomic E-state index is 11.9. The molecule has 0 radical (unpaired) electrons. The summed E-state index contributed by atoms with van der Waals surface area (Å²) in [6.07, 6.45) is 2.65. The molecular weight excluding hydrogens is 300 g/mol. The summed E-state index contributed by atoms with van der Waals surface area (Å²) in [5.74, 6) is 0.971. The van der Waals surface area contributed by atoms with Crippen LogP contribution in [-0.4, -0.2) is 6.16 Å². The predicted octanol–water partition coefficient (Wildman–Crippen LogP) is 5.90. The molecule has 0 N–H and O–H groups in total. The molecule has 24 heavy (non-hydrogen) atoms. The van der Waals surface area contributed by atoms with Crippen LogP contribution in [0.5, 0.6) is 11.5 Å². The second-order valence-electron chi connectivity index (χ2n) is 6.98. The third-order valence-electron chi connectivity index (χ3n) is 3.87. The monoisotopic (exact) mass is 326 g/mol. The van der Waals surface area contributed by atoms with Gasteiger partial charge in [0, 0.05) is 0 Å². The minimum Gasteiger partial charge on any atom is -0.395 e. The Morgan fingerprint density at radius 2 is 1.38 bits per heavy atom. The van der Waals surface area contributed by atoms with Gasteiger partial charge in [0.15, 0.2) is 0 Å². The Labute approximate surface area is 144 Å². The number of unbranched alkanes of at least 4 members (excludes halogenated alkanes) is 1. The zero-order valence-corrected chi connectivity index (χ0v) is 15.0. The van der Waals surface area contributed by atoms with Gasteiger partial charge in [0.2, 0.25) is 0 Å². The van der Waals surface area contributed by atoms with Gasteiger partial charge in [0.1, 0.15) is 11.5 Å². The Morgan fingerprint density at radius 3 is 1.83 bits per heavy atom. The Hall–Kier alpha value is -2.29. The molecule has 0 atom stereocenters. The molecule has 0 spiro atoms. The lowest BCUT2D eigenvalue weighted by Crippen LogP contribution is -2.14. The first-order valence-electron chi connectivity index (χ1n) is 8.47. The number of carbonyl (C=O) groups is 1. The summed E-state index contributed by atoms with van der Waals surface area (Å²) in [5, 5.41) is 0. The zero-order valence-electron chi connectivity index (χ0n) is 15.0. The predicted molar refractivity (Wildman–Crippen MR) is 96.8 cm³/mol. The fourth-order valence-corrected chi connectivity index (χ4v) is 2.34. The van der Waals surface area contributed by atoms with E-state index in [0.717, 1.165) is 12.8 Å². The largest absolute Gasteiger partial charge is 0.519 e. The lowest BCUT2D eigenvalue weighted by molar-refractivity contribution is 0.152. The van der Waals surface area contributed by atoms with Crippen molar-refractivity contribution in [3.63, 3.8) is 0 Å². The molecule has 0 amide bonds. The Kier molecular flexibility index (Phi) is 6.02. The average Bonchev–Trinajstić information content (AvgIpc) is 2.54. The zero-order chi connectivity index (χ0) is 17.6. The van der Waals surface area contributed by atoms with Crippen LogP contribution in [0.15, 0.2) is 48.5 Å². The maximum atomic E-state index is 11.9. The smallest absolute Gasteiger partial charge is 0.395 e. The highest BCUT2D eigenvalue weighted by Crippen LogP contribution is 2.24. The molecule has 3 nitrogen and oxygen atoms in total. The molecule has 0 aromatic heterocycles. The van der Waals surface area contributed by atoms with E-state index in [-0.39, 0.29) is 5.41 Å². The van der Waals surface area contributed by atoms with E-state index >= 15 is 0 Å². The van der Waals surface area contributed by atoms with E-state index in [9.17, 15) is 4.79 Å². The fraction of sp³-hybridized carbons (Fsp3) is 0.381. The van der Waals surface area contributed by atoms with Gasteiger partial charge >= 0.3 is 6.16 Å². The van der Waals surface area contributed by atoms with Crippen LogP contribution in [0.3, 0.4) is 0 Å². The quantitative estimate of drug-likeness (QED) is 0.506. The summed E-state index contributed by atoms with van der Waals surface area (Å²) in [4.78, 5) is 11.9. The number of carbonyl (C=O) groups excluding carboxylic acids is 1. The summed E-state index contributed by atoms with van der Waals surface area (Å²) in [6, 6.07) is 15.1. The van der Waals surface area contributed by atoms with Gasteiger partial charge in [-0.3, -0.25) is 0 Å². The van der Waals surface area contributed by atoms with Crippen molar-refractivity contribution in [1.29, 1.82) is 0 Å². The van der Waals surface area contributed by atoms with Gasteiger partial charge < -0.3 is 9.47 Å². The lowest BCUT2D eigenvalue weighted by Gasteiger charge is -2.18. The lowest BCUT2D eigenvalue weighted by atomic mass is 9.87. The standard InChI is InChI=1S/C21H26O3/c1-5-6-7-16-8-12-18(13-9-16)23-20(22)24-19-14-10-17(11-15-19)21(2,3)4/h8-15H,5-7H2,1-4H3. The van der Waals surface area contributed by atoms with Crippen LogP contribution >= 0.6 is 0 Å². The normalized spacial score (nSPS) is 11.2. The van der Waals surface area contributed by atoms with Crippen LogP contribution in [0.2, 0.25) is 0 Å². The van der Waals surface area contributed by atoms with Crippen LogP contribution in [0, 0.1) is 0 Å². The van der Waals surface area contributed by atoms with E-state index in [1.807, 2.05) is 24.3 Å². The molecular formula is C21H26O3. The number of aryl methyl sites for hydroxylation is 1. The highest BCUT2D eigenvalue weighted by atomic mass is 16.7. The summed E-state index contributed by atoms with van der Waals surface area (Å²) in [7, 11) is 0. The Morgan fingerprint density at radius 1 is 0.875 bits per heavy atom. The molecule has 0 unspecified atom stereocenters. The fourth-order valence-electron chi connectivity index (χ4n) is 2.34. The van der Waals surface area contributed by atoms with Crippen molar-refractivity contribution in [1.82, 2.24) is 0 Å². The van der Waals surface area contributed by atoms with E-state index < -0.39 is 6.16 Å². The van der Waals surface area contributed by atoms with Crippen molar-refractivity contribution in [3.8, 4) is 11.5 Å². The molecule has 0 aliphatic rings. The third kappa shape index (κ3) is 5.41. The van der Waals surface area contributed by atoms with E-state index in [0.29, 0.717) is 11.5 Å². The second kappa shape index (κ2) is 8.00. The third-order valence-corrected chi connectivity index (χ3v) is 3.87. The van der Waals surface area contributed by atoms with Crippen LogP contribution < -0.4 is 9.47 Å². The number of hydrogen-bond acceptors (Lipinski definition) is 3. The first kappa shape index (κ1) is 18.1. The molecule has 0 saturated heterocycles. The van der Waals surface area contributed by atoms with Crippen LogP contribution in [0.4, 0.5) is 4.79 Å². The minimum absolute atomic E-state index is 0.0680. The second-order valence-corrected chi connectivity index (χ2v) is 6.98. The summed E-state index contributed by atoms with van der Waals surface area (Å²) >= 11 is 0. The Bertz CT molecular complexity index is 649. The molecule has 0 aliphatic heterocycles. The maximum Gasteiger partial charge on any atom is 0.519 e. The number of rotatable bonds is 5. The van der Waals surface area contributed by atoms with Crippen molar-refractivity contribution in [2.45, 2.75) is 52.4 Å². The number of benzene rings is 2. The summed E-state index contributed by atoms with van der Waals surface area (Å²) in [5.41, 5.74) is 2.50. The van der Waals surface area contributed by atoms with Crippen molar-refractivity contribution in [2.75, 3.05) is 0 Å². The highest BCUT2D eigenvalue weighted by Gasteiger charge is 2.14. The average molecular weight is 326 g/mol. The van der Waals surface area contributed by atoms with Gasteiger partial charge in [0.05, 0.1) is 0 Å². The summed E-state index contributed by atoms with van der Waals surface area (Å²) < 4.78 is 10.4. The highest BCUT2D eigenvalue weighted by molar-refractivity contribution is 5.67. The SMILES string of the molecule is CCCCc1ccc(OC(=O)Oc2ccc(C(C)(C)C)cc2)cc1. The van der Waals surface area contributed by atoms with E-state index in [2.05, 4.69) is 27.7 Å². The van der Waals surface area contributed by atoms with Crippen LogP contribution in [-0.2, 0) is 11.8 Å². The topological polar surface area (TPSA) is 35.5 Å². The van der Waals surface area contributed by atoms with Gasteiger partial charge in [-0.15, -0.1) is 0 Å². The molecule has 0 saturated carbocycles. The summed E-state index contributed by atoms with van der Waals surface area (Å²) in [6.45, 7) is 8.59. The van der Waals surface area contributed by atoms with Gasteiger partial charge in [0.25, 0.3) is 0 Å². The van der Waals surface area contributed by atoms with Gasteiger partial charge in [-0.25, -0.2) is 4.79 Å². The molecule has 0 aliphatic carbocycles. The molecule has 3 heteroatoms. The van der Waals surface area contributed by atoms with Gasteiger partial charge in [-0.2, -0.15) is 0 Å². The molecule has 2 aromatic rings. The van der Waals surface area contributed by atoms with Gasteiger partial charge in [-0.05, 0) is 53.6 Å². The molecule has 2 aromatic carbocycles. The molecule has 0 heterocycles. The van der Waals surface area contributed by atoms with Crippen molar-refractivity contribution in [3.05, 3.63) is 59.7 Å².